The van der Waals surface area contributed by atoms with Crippen molar-refractivity contribution in [1.82, 2.24) is 42.1 Å². The summed E-state index contributed by atoms with van der Waals surface area (Å²) in [5.41, 5.74) is 17.7. The normalized spacial score (nSPS) is 17.1. The Bertz CT molecular complexity index is 2040. The van der Waals surface area contributed by atoms with Crippen LogP contribution in [0.5, 0.6) is 0 Å². The van der Waals surface area contributed by atoms with E-state index in [4.69, 9.17) is 17.2 Å². The molecule has 0 unspecified atom stereocenters. The van der Waals surface area contributed by atoms with Crippen molar-refractivity contribution in [2.75, 3.05) is 25.1 Å². The number of hydrogen-bond donors (Lipinski definition) is 12. The average molecular weight is 1050 g/mol. The molecule has 1 aromatic rings. The van der Waals surface area contributed by atoms with Crippen LogP contribution in [0.25, 0.3) is 0 Å². The number of nitrogens with zero attached hydrogens (tertiary/aromatic N) is 2. The first-order valence-electron chi connectivity index (χ1n) is 24.9. The molecule has 410 valence electrons. The maximum atomic E-state index is 14.1. The highest BCUT2D eigenvalue weighted by Gasteiger charge is 2.40. The molecule has 1 aliphatic rings. The molecule has 0 spiro atoms. The van der Waals surface area contributed by atoms with Gasteiger partial charge in [0.25, 0.3) is 0 Å². The topological polar surface area (TPSA) is 372 Å². The summed E-state index contributed by atoms with van der Waals surface area (Å²) in [6.07, 6.45) is 1.45. The number of aliphatic imine (C=N–C) groups is 1. The molecular formula is C49H82N12O11S. The standard InChI is InChI=1S/C49H82N12O11S/c1-26(2)23-34(42(65)57-35(25-31-15-11-10-12-16-31)43(66)59-36(48(71)72)24-27(3)4)58-46(69)39(30(8)62)60-41(64)32(17-13-20-53-49(51)52)55-44(67)37-18-14-21-61(37)47(70)29(7)54-40(63)33(19-22-73-9)56-45(68)38(50)28(5)6/h10-12,15-16,26-30,32-39,62H,13-14,17-25,50H2,1-9H3,(H,54,63)(H,55,67)(H,56,68)(H,57,65)(H,58,69)(H,59,66)(H,60,64)(H,71,72)(H4,51,52,53)/t29-,30+,32-,33-,34-,35-,36-,37-,38-,39-/m0/s1. The molecule has 10 atom stereocenters. The van der Waals surface area contributed by atoms with Gasteiger partial charge in [0.15, 0.2) is 5.96 Å². The number of aliphatic hydroxyl groups is 1. The molecule has 15 N–H and O–H groups in total. The van der Waals surface area contributed by atoms with E-state index in [0.29, 0.717) is 17.7 Å². The number of aliphatic hydroxyl groups excluding tert-OH is 1. The van der Waals surface area contributed by atoms with Gasteiger partial charge in [0, 0.05) is 19.5 Å². The number of thioether (sulfide) groups is 1. The lowest BCUT2D eigenvalue weighted by Crippen LogP contribution is -2.62. The first-order valence-corrected chi connectivity index (χ1v) is 26.3. The molecule has 0 saturated carbocycles. The lowest BCUT2D eigenvalue weighted by molar-refractivity contribution is -0.143. The Kier molecular flexibility index (Phi) is 27.3. The van der Waals surface area contributed by atoms with E-state index in [-0.39, 0.29) is 81.7 Å². The second-order valence-electron chi connectivity index (χ2n) is 19.7. The third kappa shape index (κ3) is 21.9. The third-order valence-corrected chi connectivity index (χ3v) is 12.7. The van der Waals surface area contributed by atoms with E-state index in [1.54, 1.807) is 71.9 Å². The summed E-state index contributed by atoms with van der Waals surface area (Å²) in [5, 5.41) is 39.1. The van der Waals surface area contributed by atoms with Crippen molar-refractivity contribution in [2.45, 2.75) is 167 Å². The Labute approximate surface area is 433 Å². The minimum Gasteiger partial charge on any atom is -0.480 e. The summed E-state index contributed by atoms with van der Waals surface area (Å²) in [6, 6.07) is -2.15. The molecule has 1 fully saturated rings. The van der Waals surface area contributed by atoms with Gasteiger partial charge in [-0.2, -0.15) is 11.8 Å². The Morgan fingerprint density at radius 1 is 0.699 bits per heavy atom. The molecule has 23 nitrogen and oxygen atoms in total. The SMILES string of the molecule is CSCC[C@H](NC(=O)[C@@H](N)C(C)C)C(=O)N[C@@H](C)C(=O)N1CCC[C@H]1C(=O)N[C@@H](CCCN=C(N)N)C(=O)N[C@H](C(=O)N[C@@H](CC(C)C)C(=O)N[C@@H](Cc1ccccc1)C(=O)N[C@@H](CC(C)C)C(=O)O)[C@@H](C)O. The maximum Gasteiger partial charge on any atom is 0.326 e. The molecule has 24 heteroatoms. The van der Waals surface area contributed by atoms with Crippen LogP contribution in [-0.2, 0) is 49.6 Å². The lowest BCUT2D eigenvalue weighted by atomic mass is 9.99. The van der Waals surface area contributed by atoms with Crippen LogP contribution in [0.3, 0.4) is 0 Å². The van der Waals surface area contributed by atoms with Crippen molar-refractivity contribution < 1.29 is 53.4 Å². The van der Waals surface area contributed by atoms with E-state index < -0.39 is 114 Å². The lowest BCUT2D eigenvalue weighted by Gasteiger charge is -2.30. The maximum absolute atomic E-state index is 14.1. The summed E-state index contributed by atoms with van der Waals surface area (Å²) >= 11 is 1.47. The van der Waals surface area contributed by atoms with Gasteiger partial charge < -0.3 is 69.5 Å². The number of carboxylic acid groups (broad SMARTS) is 1. The van der Waals surface area contributed by atoms with E-state index in [0.717, 1.165) is 0 Å². The van der Waals surface area contributed by atoms with Crippen molar-refractivity contribution in [3.05, 3.63) is 35.9 Å². The fourth-order valence-electron chi connectivity index (χ4n) is 7.96. The highest BCUT2D eigenvalue weighted by molar-refractivity contribution is 7.98. The monoisotopic (exact) mass is 1050 g/mol. The van der Waals surface area contributed by atoms with Gasteiger partial charge in [-0.25, -0.2) is 4.79 Å². The quantitative estimate of drug-likeness (QED) is 0.0241. The minimum atomic E-state index is -1.68. The van der Waals surface area contributed by atoms with Gasteiger partial charge in [0.1, 0.15) is 48.3 Å². The molecule has 1 aliphatic heterocycles. The molecule has 73 heavy (non-hydrogen) atoms. The van der Waals surface area contributed by atoms with Gasteiger partial charge in [-0.1, -0.05) is 71.9 Å². The molecule has 1 heterocycles. The number of likely N-dealkylation sites (tertiary alicyclic amines) is 1. The van der Waals surface area contributed by atoms with E-state index in [9.17, 15) is 53.4 Å². The Balaban J connectivity index is 2.35. The largest absolute Gasteiger partial charge is 0.480 e. The zero-order valence-electron chi connectivity index (χ0n) is 43.8. The second-order valence-corrected chi connectivity index (χ2v) is 20.7. The first-order chi connectivity index (χ1) is 34.3. The van der Waals surface area contributed by atoms with Gasteiger partial charge in [0.2, 0.25) is 47.3 Å². The van der Waals surface area contributed by atoms with Crippen LogP contribution < -0.4 is 54.4 Å². The predicted molar refractivity (Wildman–Crippen MR) is 278 cm³/mol. The number of rotatable bonds is 31. The van der Waals surface area contributed by atoms with Crippen molar-refractivity contribution in [3.8, 4) is 0 Å². The zero-order valence-corrected chi connectivity index (χ0v) is 44.6. The van der Waals surface area contributed by atoms with Crippen LogP contribution >= 0.6 is 11.8 Å². The number of carbonyl (C=O) groups is 9. The number of hydrogen-bond acceptors (Lipinski definition) is 13. The number of benzene rings is 1. The zero-order chi connectivity index (χ0) is 55.1. The molecule has 1 saturated heterocycles. The Morgan fingerprint density at radius 3 is 1.79 bits per heavy atom. The first kappa shape index (κ1) is 63.1. The van der Waals surface area contributed by atoms with Crippen LogP contribution in [0, 0.1) is 17.8 Å². The number of nitrogens with two attached hydrogens (primary N) is 3. The minimum absolute atomic E-state index is 0.0196. The van der Waals surface area contributed by atoms with Gasteiger partial charge in [-0.3, -0.25) is 43.3 Å². The second kappa shape index (κ2) is 31.6. The van der Waals surface area contributed by atoms with E-state index in [2.05, 4.69) is 42.2 Å². The van der Waals surface area contributed by atoms with Crippen LogP contribution in [0.4, 0.5) is 0 Å². The highest BCUT2D eigenvalue weighted by atomic mass is 32.2. The molecule has 0 aromatic heterocycles. The number of carboxylic acids is 1. The average Bonchev–Trinajstić information content (AvgIpc) is 3.81. The highest BCUT2D eigenvalue weighted by Crippen LogP contribution is 2.20. The number of guanidine groups is 1. The fraction of sp³-hybridized carbons (Fsp3) is 0.673. The van der Waals surface area contributed by atoms with Crippen LogP contribution in [-0.4, -0.2) is 160 Å². The smallest absolute Gasteiger partial charge is 0.326 e. The van der Waals surface area contributed by atoms with Gasteiger partial charge >= 0.3 is 5.97 Å². The van der Waals surface area contributed by atoms with Crippen molar-refractivity contribution >= 4 is 70.9 Å². The van der Waals surface area contributed by atoms with Gasteiger partial charge in [0.05, 0.1) is 12.1 Å². The van der Waals surface area contributed by atoms with Gasteiger partial charge in [-0.15, -0.1) is 0 Å². The Hall–Kier alpha value is -6.01. The van der Waals surface area contributed by atoms with Crippen molar-refractivity contribution in [1.29, 1.82) is 0 Å². The summed E-state index contributed by atoms with van der Waals surface area (Å²) in [4.78, 5) is 127. The predicted octanol–water partition coefficient (Wildman–Crippen LogP) is -1.02. The fourth-order valence-corrected chi connectivity index (χ4v) is 8.43. The van der Waals surface area contributed by atoms with E-state index >= 15 is 0 Å². The van der Waals surface area contributed by atoms with Crippen LogP contribution in [0.2, 0.25) is 0 Å². The van der Waals surface area contributed by atoms with Gasteiger partial charge in [-0.05, 0) is 94.1 Å². The molecule has 0 aliphatic carbocycles. The molecule has 0 bridgehead atoms. The number of aliphatic carboxylic acids is 1. The molecular weight excluding hydrogens is 965 g/mol. The van der Waals surface area contributed by atoms with E-state index in [1.807, 2.05) is 6.26 Å². The van der Waals surface area contributed by atoms with Crippen LogP contribution in [0.15, 0.2) is 35.3 Å². The molecule has 8 amide bonds. The molecule has 2 rings (SSSR count). The summed E-state index contributed by atoms with van der Waals surface area (Å²) in [7, 11) is 0. The van der Waals surface area contributed by atoms with E-state index in [1.165, 1.54) is 30.5 Å². The molecule has 0 radical (unpaired) electrons. The summed E-state index contributed by atoms with van der Waals surface area (Å²) in [6.45, 7) is 13.7. The summed E-state index contributed by atoms with van der Waals surface area (Å²) < 4.78 is 0. The molecule has 1 aromatic carbocycles. The van der Waals surface area contributed by atoms with Crippen molar-refractivity contribution in [2.24, 2.45) is 39.9 Å². The number of amides is 8. The Morgan fingerprint density at radius 2 is 1.23 bits per heavy atom. The summed E-state index contributed by atoms with van der Waals surface area (Å²) in [5.74, 6) is -7.21. The number of carbonyl (C=O) groups excluding carboxylic acids is 8. The van der Waals surface area contributed by atoms with Crippen LogP contribution in [0.1, 0.15) is 106 Å². The van der Waals surface area contributed by atoms with Crippen molar-refractivity contribution in [3.63, 3.8) is 0 Å². The third-order valence-electron chi connectivity index (χ3n) is 12.1. The number of nitrogens with one attached hydrogen (secondary N) is 7.